The van der Waals surface area contributed by atoms with E-state index in [-0.39, 0.29) is 24.9 Å². The van der Waals surface area contributed by atoms with Crippen LogP contribution in [0.2, 0.25) is 0 Å². The molecule has 0 aliphatic heterocycles. The van der Waals surface area contributed by atoms with Gasteiger partial charge in [-0.2, -0.15) is 0 Å². The highest BCUT2D eigenvalue weighted by atomic mass is 16.5. The third kappa shape index (κ3) is 43.2. The Bertz CT molecular complexity index is 1280. The number of amides is 1. The van der Waals surface area contributed by atoms with E-state index < -0.39 is 18.2 Å². The maximum atomic E-state index is 13.2. The molecule has 1 amide bonds. The molecule has 0 bridgehead atoms. The molecule has 62 heavy (non-hydrogen) atoms. The lowest BCUT2D eigenvalue weighted by Gasteiger charge is -2.24. The van der Waals surface area contributed by atoms with Gasteiger partial charge < -0.3 is 20.3 Å². The van der Waals surface area contributed by atoms with E-state index in [0.29, 0.717) is 19.3 Å². The summed E-state index contributed by atoms with van der Waals surface area (Å²) < 4.78 is 5.89. The summed E-state index contributed by atoms with van der Waals surface area (Å²) in [5.74, 6) is -0.572. The number of hydrogen-bond donors (Lipinski definition) is 3. The molecule has 0 fully saturated rings. The fourth-order valence-electron chi connectivity index (χ4n) is 6.99. The van der Waals surface area contributed by atoms with Gasteiger partial charge >= 0.3 is 5.97 Å². The van der Waals surface area contributed by atoms with Gasteiger partial charge in [0.05, 0.1) is 25.2 Å². The maximum absolute atomic E-state index is 13.2. The van der Waals surface area contributed by atoms with E-state index in [2.05, 4.69) is 74.7 Å². The van der Waals surface area contributed by atoms with Crippen LogP contribution in [0.5, 0.6) is 0 Å². The van der Waals surface area contributed by atoms with E-state index in [1.165, 1.54) is 77.0 Å². The fourth-order valence-corrected chi connectivity index (χ4v) is 6.99. The predicted octanol–water partition coefficient (Wildman–Crippen LogP) is 15.1. The highest BCUT2D eigenvalue weighted by Crippen LogP contribution is 2.17. The van der Waals surface area contributed by atoms with Gasteiger partial charge in [0.25, 0.3) is 0 Å². The molecular weight excluding hydrogens is 767 g/mol. The Labute approximate surface area is 381 Å². The predicted molar refractivity (Wildman–Crippen MR) is 268 cm³/mol. The third-order valence-corrected chi connectivity index (χ3v) is 10.8. The highest BCUT2D eigenvalue weighted by Gasteiger charge is 2.24. The summed E-state index contributed by atoms with van der Waals surface area (Å²) in [6, 6.07) is -0.731. The summed E-state index contributed by atoms with van der Waals surface area (Å²) in [5, 5.41) is 23.7. The molecule has 0 radical (unpaired) electrons. The molecule has 0 saturated heterocycles. The molecule has 6 nitrogen and oxygen atoms in total. The second-order valence-corrected chi connectivity index (χ2v) is 16.7. The van der Waals surface area contributed by atoms with Crippen LogP contribution in [0.4, 0.5) is 0 Å². The first-order valence-corrected chi connectivity index (χ1v) is 25.2. The van der Waals surface area contributed by atoms with Crippen molar-refractivity contribution in [2.45, 2.75) is 225 Å². The summed E-state index contributed by atoms with van der Waals surface area (Å²) in [4.78, 5) is 26.1. The van der Waals surface area contributed by atoms with Crippen molar-refractivity contribution in [1.82, 2.24) is 5.32 Å². The normalized spacial score (nSPS) is 14.2. The monoisotopic (exact) mass is 860 g/mol. The van der Waals surface area contributed by atoms with Crippen molar-refractivity contribution in [3.05, 3.63) is 109 Å². The number of aliphatic hydroxyl groups is 2. The molecule has 0 aromatic heterocycles. The number of ether oxygens (including phenoxy) is 1. The second-order valence-electron chi connectivity index (χ2n) is 16.7. The van der Waals surface area contributed by atoms with Crippen LogP contribution in [-0.4, -0.2) is 46.9 Å². The number of allylic oxidation sites excluding steroid dienone is 18. The molecule has 0 rings (SSSR count). The minimum atomic E-state index is -0.813. The molecule has 3 unspecified atom stereocenters. The third-order valence-electron chi connectivity index (χ3n) is 10.8. The average molecular weight is 860 g/mol. The minimum Gasteiger partial charge on any atom is -0.462 e. The Morgan fingerprint density at radius 1 is 0.484 bits per heavy atom. The van der Waals surface area contributed by atoms with Crippen molar-refractivity contribution in [2.24, 2.45) is 0 Å². The van der Waals surface area contributed by atoms with Crippen molar-refractivity contribution >= 4 is 11.9 Å². The van der Waals surface area contributed by atoms with Gasteiger partial charge in [-0.25, -0.2) is 0 Å². The number of nitrogens with one attached hydrogen (secondary N) is 1. The fraction of sp³-hybridized carbons (Fsp3) is 0.643. The van der Waals surface area contributed by atoms with E-state index in [1.807, 2.05) is 60.8 Å². The Balaban J connectivity index is 4.80. The van der Waals surface area contributed by atoms with Crippen molar-refractivity contribution in [1.29, 1.82) is 0 Å². The minimum absolute atomic E-state index is 0.0272. The zero-order chi connectivity index (χ0) is 45.2. The van der Waals surface area contributed by atoms with Gasteiger partial charge in [-0.15, -0.1) is 0 Å². The second kappa shape index (κ2) is 48.6. The lowest BCUT2D eigenvalue weighted by atomic mass is 10.0. The standard InChI is InChI=1S/C56H93NO5/c1-4-7-10-13-16-19-22-25-27-29-30-32-35-38-41-44-47-52(62-56(61)49-46-43-40-37-34-31-28-26-23-20-17-14-11-8-5-2)50-55(60)57-53(51-58)54(59)48-45-42-39-36-33-24-21-18-15-12-9-6-3/h8,11,14,16-17,19-20,22-23,25-32,34,52-54,58-59H,4-7,9-10,12-13,15,18,21,24,33,35-51H2,1-3H3,(H,57,60)/b11-8+,17-14+,19-16+,23-20-,25-22+,28-26-,29-27+,32-30+,34-31+. The van der Waals surface area contributed by atoms with Gasteiger partial charge in [-0.1, -0.05) is 233 Å². The zero-order valence-corrected chi connectivity index (χ0v) is 40.0. The summed E-state index contributed by atoms with van der Waals surface area (Å²) in [5.41, 5.74) is 0. The van der Waals surface area contributed by atoms with Crippen LogP contribution in [0.1, 0.15) is 207 Å². The number of aliphatic hydroxyl groups excluding tert-OH is 2. The van der Waals surface area contributed by atoms with Crippen molar-refractivity contribution in [2.75, 3.05) is 6.61 Å². The molecule has 0 aliphatic carbocycles. The lowest BCUT2D eigenvalue weighted by molar-refractivity contribution is -0.151. The van der Waals surface area contributed by atoms with Gasteiger partial charge in [0, 0.05) is 6.42 Å². The molecular formula is C56H93NO5. The van der Waals surface area contributed by atoms with E-state index >= 15 is 0 Å². The quantitative estimate of drug-likeness (QED) is 0.0322. The Morgan fingerprint density at radius 3 is 1.35 bits per heavy atom. The summed E-state index contributed by atoms with van der Waals surface area (Å²) in [6.07, 6.45) is 65.6. The van der Waals surface area contributed by atoms with Gasteiger partial charge in [-0.05, 0) is 70.6 Å². The SMILES string of the molecule is CC/C=C/C=C/C=C\C=C/C=C/CCCCCC(=O)OC(CCCCC/C=C/C=C/C=C/C=C/CCCCC)CC(=O)NC(CO)C(O)CCCCCCCCCCCCCC. The van der Waals surface area contributed by atoms with E-state index in [0.717, 1.165) is 83.5 Å². The topological polar surface area (TPSA) is 95.9 Å². The molecule has 3 N–H and O–H groups in total. The number of carbonyl (C=O) groups is 2. The van der Waals surface area contributed by atoms with E-state index in [4.69, 9.17) is 4.74 Å². The van der Waals surface area contributed by atoms with Crippen LogP contribution >= 0.6 is 0 Å². The highest BCUT2D eigenvalue weighted by molar-refractivity contribution is 5.77. The van der Waals surface area contributed by atoms with Crippen LogP contribution < -0.4 is 5.32 Å². The molecule has 0 saturated carbocycles. The number of rotatable bonds is 43. The van der Waals surface area contributed by atoms with Crippen molar-refractivity contribution < 1.29 is 24.5 Å². The first kappa shape index (κ1) is 58.5. The molecule has 0 aromatic carbocycles. The Kier molecular flexibility index (Phi) is 45.8. The molecule has 0 aromatic rings. The molecule has 3 atom stereocenters. The Morgan fingerprint density at radius 2 is 0.871 bits per heavy atom. The zero-order valence-electron chi connectivity index (χ0n) is 40.0. The summed E-state index contributed by atoms with van der Waals surface area (Å²) >= 11 is 0. The van der Waals surface area contributed by atoms with Crippen LogP contribution in [0.25, 0.3) is 0 Å². The van der Waals surface area contributed by atoms with E-state index in [1.54, 1.807) is 0 Å². The lowest BCUT2D eigenvalue weighted by Crippen LogP contribution is -2.46. The first-order chi connectivity index (χ1) is 30.5. The van der Waals surface area contributed by atoms with Crippen LogP contribution in [0.3, 0.4) is 0 Å². The number of esters is 1. The van der Waals surface area contributed by atoms with Crippen LogP contribution in [0.15, 0.2) is 109 Å². The smallest absolute Gasteiger partial charge is 0.306 e. The van der Waals surface area contributed by atoms with Gasteiger partial charge in [0.2, 0.25) is 5.91 Å². The molecule has 0 spiro atoms. The molecule has 352 valence electrons. The number of unbranched alkanes of at least 4 members (excludes halogenated alkanes) is 20. The first-order valence-electron chi connectivity index (χ1n) is 25.2. The maximum Gasteiger partial charge on any atom is 0.306 e. The van der Waals surface area contributed by atoms with Crippen molar-refractivity contribution in [3.8, 4) is 0 Å². The van der Waals surface area contributed by atoms with Crippen LogP contribution in [-0.2, 0) is 14.3 Å². The van der Waals surface area contributed by atoms with Crippen LogP contribution in [0, 0.1) is 0 Å². The summed E-state index contributed by atoms with van der Waals surface area (Å²) in [6.45, 7) is 6.26. The molecule has 0 heterocycles. The molecule has 0 aliphatic rings. The van der Waals surface area contributed by atoms with Gasteiger partial charge in [0.1, 0.15) is 6.10 Å². The van der Waals surface area contributed by atoms with Gasteiger partial charge in [-0.3, -0.25) is 9.59 Å². The van der Waals surface area contributed by atoms with E-state index in [9.17, 15) is 19.8 Å². The van der Waals surface area contributed by atoms with Gasteiger partial charge in [0.15, 0.2) is 0 Å². The number of hydrogen-bond acceptors (Lipinski definition) is 5. The van der Waals surface area contributed by atoms with Crippen molar-refractivity contribution in [3.63, 3.8) is 0 Å². The number of carbonyl (C=O) groups excluding carboxylic acids is 2. The Hall–Kier alpha value is -3.48. The average Bonchev–Trinajstić information content (AvgIpc) is 3.26. The summed E-state index contributed by atoms with van der Waals surface area (Å²) in [7, 11) is 0. The largest absolute Gasteiger partial charge is 0.462 e. The molecule has 6 heteroatoms.